The lowest BCUT2D eigenvalue weighted by atomic mass is 10.1. The molecule has 0 saturated carbocycles. The average Bonchev–Trinajstić information content (AvgIpc) is 3.00. The summed E-state index contributed by atoms with van der Waals surface area (Å²) in [6, 6.07) is 14.9. The van der Waals surface area contributed by atoms with Crippen LogP contribution in [-0.2, 0) is 13.0 Å². The second-order valence-corrected chi connectivity index (χ2v) is 5.42. The molecule has 1 aliphatic heterocycles. The Hall–Kier alpha value is -2.00. The van der Waals surface area contributed by atoms with Gasteiger partial charge in [-0.25, -0.2) is 0 Å². The number of hydrogen-bond acceptors (Lipinski definition) is 3. The number of methoxy groups -OCH3 is 1. The van der Waals surface area contributed by atoms with Crippen LogP contribution in [0, 0.1) is 0 Å². The number of fused-ring (bicyclic) bond motifs is 1. The highest BCUT2D eigenvalue weighted by atomic mass is 16.5. The highest BCUT2D eigenvalue weighted by Crippen LogP contribution is 2.26. The lowest BCUT2D eigenvalue weighted by Crippen LogP contribution is -2.18. The molecule has 2 aromatic rings. The molecule has 110 valence electrons. The minimum Gasteiger partial charge on any atom is -0.497 e. The lowest BCUT2D eigenvalue weighted by molar-refractivity contribution is 0.357. The van der Waals surface area contributed by atoms with E-state index in [0.29, 0.717) is 0 Å². The van der Waals surface area contributed by atoms with E-state index in [0.717, 1.165) is 31.1 Å². The van der Waals surface area contributed by atoms with Crippen LogP contribution in [0.15, 0.2) is 42.5 Å². The molecule has 0 aliphatic carbocycles. The SMILES string of the molecule is COc1cccc([C@H](C)NCc2ccc3c(c2)CCO3)c1. The Kier molecular flexibility index (Phi) is 4.11. The molecule has 0 saturated heterocycles. The summed E-state index contributed by atoms with van der Waals surface area (Å²) in [4.78, 5) is 0. The molecule has 3 nitrogen and oxygen atoms in total. The molecule has 1 N–H and O–H groups in total. The summed E-state index contributed by atoms with van der Waals surface area (Å²) in [5, 5.41) is 3.56. The number of ether oxygens (including phenoxy) is 2. The first-order valence-electron chi connectivity index (χ1n) is 7.38. The van der Waals surface area contributed by atoms with Crippen molar-refractivity contribution < 1.29 is 9.47 Å². The normalized spacial score (nSPS) is 14.4. The molecule has 0 aromatic heterocycles. The smallest absolute Gasteiger partial charge is 0.122 e. The fraction of sp³-hybridized carbons (Fsp3) is 0.333. The maximum Gasteiger partial charge on any atom is 0.122 e. The van der Waals surface area contributed by atoms with Crippen LogP contribution in [0.1, 0.15) is 29.7 Å². The van der Waals surface area contributed by atoms with Crippen LogP contribution >= 0.6 is 0 Å². The van der Waals surface area contributed by atoms with Gasteiger partial charge in [0, 0.05) is 19.0 Å². The second kappa shape index (κ2) is 6.19. The number of nitrogens with one attached hydrogen (secondary N) is 1. The van der Waals surface area contributed by atoms with Gasteiger partial charge in [-0.05, 0) is 41.8 Å². The predicted octanol–water partition coefficient (Wildman–Crippen LogP) is 3.48. The molecule has 1 heterocycles. The quantitative estimate of drug-likeness (QED) is 0.911. The van der Waals surface area contributed by atoms with Gasteiger partial charge >= 0.3 is 0 Å². The molecule has 3 rings (SSSR count). The summed E-state index contributed by atoms with van der Waals surface area (Å²) >= 11 is 0. The molecule has 21 heavy (non-hydrogen) atoms. The Morgan fingerprint density at radius 2 is 2.14 bits per heavy atom. The maximum absolute atomic E-state index is 5.54. The van der Waals surface area contributed by atoms with E-state index in [9.17, 15) is 0 Å². The van der Waals surface area contributed by atoms with Crippen LogP contribution in [0.25, 0.3) is 0 Å². The van der Waals surface area contributed by atoms with Gasteiger partial charge in [0.1, 0.15) is 11.5 Å². The van der Waals surface area contributed by atoms with Gasteiger partial charge in [-0.15, -0.1) is 0 Å². The standard InChI is InChI=1S/C18H21NO2/c1-13(15-4-3-5-17(11-15)20-2)19-12-14-6-7-18-16(10-14)8-9-21-18/h3-7,10-11,13,19H,8-9,12H2,1-2H3/t13-/m0/s1. The molecular formula is C18H21NO2. The molecule has 0 fully saturated rings. The zero-order valence-corrected chi connectivity index (χ0v) is 12.6. The summed E-state index contributed by atoms with van der Waals surface area (Å²) < 4.78 is 10.8. The van der Waals surface area contributed by atoms with Gasteiger partial charge in [0.25, 0.3) is 0 Å². The van der Waals surface area contributed by atoms with Gasteiger partial charge in [-0.1, -0.05) is 24.3 Å². The highest BCUT2D eigenvalue weighted by molar-refractivity contribution is 5.39. The molecule has 3 heteroatoms. The lowest BCUT2D eigenvalue weighted by Gasteiger charge is -2.15. The Labute approximate surface area is 125 Å². The fourth-order valence-corrected chi connectivity index (χ4v) is 2.65. The fourth-order valence-electron chi connectivity index (χ4n) is 2.65. The Morgan fingerprint density at radius 3 is 3.00 bits per heavy atom. The number of rotatable bonds is 5. The summed E-state index contributed by atoms with van der Waals surface area (Å²) in [7, 11) is 1.70. The van der Waals surface area contributed by atoms with Gasteiger partial charge < -0.3 is 14.8 Å². The van der Waals surface area contributed by atoms with Gasteiger partial charge in [0.2, 0.25) is 0 Å². The van der Waals surface area contributed by atoms with E-state index in [4.69, 9.17) is 9.47 Å². The van der Waals surface area contributed by atoms with Crippen molar-refractivity contribution in [2.75, 3.05) is 13.7 Å². The highest BCUT2D eigenvalue weighted by Gasteiger charge is 2.12. The van der Waals surface area contributed by atoms with Crippen molar-refractivity contribution in [3.8, 4) is 11.5 Å². The molecule has 1 atom stereocenters. The van der Waals surface area contributed by atoms with Crippen LogP contribution in [0.2, 0.25) is 0 Å². The number of hydrogen-bond donors (Lipinski definition) is 1. The second-order valence-electron chi connectivity index (χ2n) is 5.42. The molecule has 1 aliphatic rings. The van der Waals surface area contributed by atoms with Crippen molar-refractivity contribution in [1.82, 2.24) is 5.32 Å². The van der Waals surface area contributed by atoms with Crippen LogP contribution < -0.4 is 14.8 Å². The molecule has 0 amide bonds. The minimum atomic E-state index is 0.282. The average molecular weight is 283 g/mol. The van der Waals surface area contributed by atoms with Crippen LogP contribution in [0.4, 0.5) is 0 Å². The largest absolute Gasteiger partial charge is 0.497 e. The third-order valence-electron chi connectivity index (χ3n) is 3.96. The first-order chi connectivity index (χ1) is 10.3. The van der Waals surface area contributed by atoms with Crippen molar-refractivity contribution >= 4 is 0 Å². The Bertz CT molecular complexity index is 624. The van der Waals surface area contributed by atoms with E-state index < -0.39 is 0 Å². The third-order valence-corrected chi connectivity index (χ3v) is 3.96. The Morgan fingerprint density at radius 1 is 1.24 bits per heavy atom. The molecule has 0 unspecified atom stereocenters. The first-order valence-corrected chi connectivity index (χ1v) is 7.38. The molecule has 0 radical (unpaired) electrons. The van der Waals surface area contributed by atoms with E-state index in [2.05, 4.69) is 42.6 Å². The first kappa shape index (κ1) is 14.0. The molecular weight excluding hydrogens is 262 g/mol. The molecule has 0 spiro atoms. The maximum atomic E-state index is 5.54. The Balaban J connectivity index is 1.64. The number of benzene rings is 2. The van der Waals surface area contributed by atoms with E-state index in [1.807, 2.05) is 12.1 Å². The third kappa shape index (κ3) is 3.19. The topological polar surface area (TPSA) is 30.5 Å². The van der Waals surface area contributed by atoms with Gasteiger partial charge in [0.05, 0.1) is 13.7 Å². The van der Waals surface area contributed by atoms with Crippen molar-refractivity contribution in [3.63, 3.8) is 0 Å². The van der Waals surface area contributed by atoms with Gasteiger partial charge in [-0.3, -0.25) is 0 Å². The zero-order chi connectivity index (χ0) is 14.7. The summed E-state index contributed by atoms with van der Waals surface area (Å²) in [5.74, 6) is 1.94. The van der Waals surface area contributed by atoms with Crippen molar-refractivity contribution in [1.29, 1.82) is 0 Å². The summed E-state index contributed by atoms with van der Waals surface area (Å²) in [6.45, 7) is 3.84. The van der Waals surface area contributed by atoms with E-state index in [1.165, 1.54) is 16.7 Å². The van der Waals surface area contributed by atoms with E-state index in [-0.39, 0.29) is 6.04 Å². The van der Waals surface area contributed by atoms with Crippen molar-refractivity contribution in [3.05, 3.63) is 59.2 Å². The minimum absolute atomic E-state index is 0.282. The van der Waals surface area contributed by atoms with Crippen LogP contribution in [0.3, 0.4) is 0 Å². The van der Waals surface area contributed by atoms with Gasteiger partial charge in [0.15, 0.2) is 0 Å². The van der Waals surface area contributed by atoms with Crippen LogP contribution in [-0.4, -0.2) is 13.7 Å². The predicted molar refractivity (Wildman–Crippen MR) is 83.9 cm³/mol. The molecule has 0 bridgehead atoms. The van der Waals surface area contributed by atoms with E-state index in [1.54, 1.807) is 7.11 Å². The summed E-state index contributed by atoms with van der Waals surface area (Å²) in [6.07, 6.45) is 1.02. The summed E-state index contributed by atoms with van der Waals surface area (Å²) in [5.41, 5.74) is 3.86. The zero-order valence-electron chi connectivity index (χ0n) is 12.6. The van der Waals surface area contributed by atoms with Crippen LogP contribution in [0.5, 0.6) is 11.5 Å². The van der Waals surface area contributed by atoms with Crippen molar-refractivity contribution in [2.24, 2.45) is 0 Å². The van der Waals surface area contributed by atoms with Gasteiger partial charge in [-0.2, -0.15) is 0 Å². The van der Waals surface area contributed by atoms with Crippen molar-refractivity contribution in [2.45, 2.75) is 25.9 Å². The monoisotopic (exact) mass is 283 g/mol. The molecule has 2 aromatic carbocycles. The van der Waals surface area contributed by atoms with E-state index >= 15 is 0 Å².